The SMILES string of the molecule is CC1(C)CC(Oc2ccc3c(c2)[C@@H](N)CCC3)C(C)(C)O1. The lowest BCUT2D eigenvalue weighted by Gasteiger charge is -2.28. The summed E-state index contributed by atoms with van der Waals surface area (Å²) in [7, 11) is 0. The molecule has 1 aliphatic heterocycles. The highest BCUT2D eigenvalue weighted by atomic mass is 16.6. The van der Waals surface area contributed by atoms with Crippen LogP contribution in [0.5, 0.6) is 5.75 Å². The maximum atomic E-state index is 6.26. The van der Waals surface area contributed by atoms with Crippen LogP contribution in [-0.2, 0) is 11.2 Å². The van der Waals surface area contributed by atoms with Gasteiger partial charge in [-0.25, -0.2) is 0 Å². The lowest BCUT2D eigenvalue weighted by Crippen LogP contribution is -2.36. The summed E-state index contributed by atoms with van der Waals surface area (Å²) >= 11 is 0. The van der Waals surface area contributed by atoms with Gasteiger partial charge in [0.25, 0.3) is 0 Å². The van der Waals surface area contributed by atoms with E-state index in [1.54, 1.807) is 0 Å². The molecule has 1 aromatic rings. The van der Waals surface area contributed by atoms with Crippen molar-refractivity contribution in [2.24, 2.45) is 5.73 Å². The van der Waals surface area contributed by atoms with E-state index in [1.165, 1.54) is 17.5 Å². The second-order valence-electron chi connectivity index (χ2n) is 7.64. The Labute approximate surface area is 127 Å². The molecule has 1 heterocycles. The summed E-state index contributed by atoms with van der Waals surface area (Å²) in [5.41, 5.74) is 8.49. The van der Waals surface area contributed by atoms with Gasteiger partial charge in [0, 0.05) is 12.5 Å². The van der Waals surface area contributed by atoms with E-state index in [4.69, 9.17) is 15.2 Å². The number of nitrogens with two attached hydrogens (primary N) is 1. The lowest BCUT2D eigenvalue weighted by atomic mass is 9.88. The van der Waals surface area contributed by atoms with E-state index >= 15 is 0 Å². The third-order valence-corrected chi connectivity index (χ3v) is 4.75. The molecule has 0 aromatic heterocycles. The Bertz CT molecular complexity index is 536. The molecule has 3 heteroatoms. The topological polar surface area (TPSA) is 44.5 Å². The van der Waals surface area contributed by atoms with E-state index in [-0.39, 0.29) is 23.3 Å². The first kappa shape index (κ1) is 14.9. The minimum atomic E-state index is -0.262. The summed E-state index contributed by atoms with van der Waals surface area (Å²) in [6, 6.07) is 6.55. The highest BCUT2D eigenvalue weighted by molar-refractivity contribution is 5.39. The number of ether oxygens (including phenoxy) is 2. The number of rotatable bonds is 2. The van der Waals surface area contributed by atoms with Crippen molar-refractivity contribution in [1.29, 1.82) is 0 Å². The van der Waals surface area contributed by atoms with Gasteiger partial charge in [-0.15, -0.1) is 0 Å². The first-order chi connectivity index (χ1) is 9.77. The number of hydrogen-bond acceptors (Lipinski definition) is 3. The number of hydrogen-bond donors (Lipinski definition) is 1. The summed E-state index contributed by atoms with van der Waals surface area (Å²) in [5.74, 6) is 0.922. The Kier molecular flexibility index (Phi) is 3.53. The standard InChI is InChI=1S/C18H27NO2/c1-17(2)11-16(18(3,4)21-17)20-13-9-8-12-6-5-7-15(19)14(12)10-13/h8-10,15-16H,5-7,11,19H2,1-4H3/t15-,16?/m0/s1. The van der Waals surface area contributed by atoms with Gasteiger partial charge in [-0.3, -0.25) is 0 Å². The fraction of sp³-hybridized carbons (Fsp3) is 0.667. The highest BCUT2D eigenvalue weighted by Crippen LogP contribution is 2.40. The third-order valence-electron chi connectivity index (χ3n) is 4.75. The van der Waals surface area contributed by atoms with Crippen molar-refractivity contribution in [3.8, 4) is 5.75 Å². The van der Waals surface area contributed by atoms with Crippen molar-refractivity contribution in [2.75, 3.05) is 0 Å². The Morgan fingerprint density at radius 2 is 2.00 bits per heavy atom. The average molecular weight is 289 g/mol. The highest BCUT2D eigenvalue weighted by Gasteiger charge is 2.47. The molecule has 1 saturated heterocycles. The van der Waals surface area contributed by atoms with Crippen molar-refractivity contribution in [3.63, 3.8) is 0 Å². The van der Waals surface area contributed by atoms with Crippen LogP contribution < -0.4 is 10.5 Å². The predicted octanol–water partition coefficient (Wildman–Crippen LogP) is 3.75. The zero-order chi connectivity index (χ0) is 15.3. The van der Waals surface area contributed by atoms with E-state index in [0.717, 1.165) is 25.0 Å². The van der Waals surface area contributed by atoms with Crippen molar-refractivity contribution < 1.29 is 9.47 Å². The third kappa shape index (κ3) is 2.95. The van der Waals surface area contributed by atoms with Crippen molar-refractivity contribution in [3.05, 3.63) is 29.3 Å². The summed E-state index contributed by atoms with van der Waals surface area (Å²) in [6.07, 6.45) is 4.37. The van der Waals surface area contributed by atoms with Crippen LogP contribution in [-0.4, -0.2) is 17.3 Å². The van der Waals surface area contributed by atoms with E-state index in [9.17, 15) is 0 Å². The molecule has 0 spiro atoms. The zero-order valence-corrected chi connectivity index (χ0v) is 13.6. The fourth-order valence-corrected chi connectivity index (χ4v) is 3.75. The molecule has 21 heavy (non-hydrogen) atoms. The van der Waals surface area contributed by atoms with Gasteiger partial charge in [0.2, 0.25) is 0 Å². The van der Waals surface area contributed by atoms with Crippen LogP contribution in [0.4, 0.5) is 0 Å². The van der Waals surface area contributed by atoms with Gasteiger partial charge >= 0.3 is 0 Å². The monoisotopic (exact) mass is 289 g/mol. The minimum absolute atomic E-state index is 0.0744. The molecule has 1 unspecified atom stereocenters. The van der Waals surface area contributed by atoms with E-state index < -0.39 is 0 Å². The Morgan fingerprint density at radius 1 is 1.24 bits per heavy atom. The van der Waals surface area contributed by atoms with Gasteiger partial charge in [0.05, 0.1) is 5.60 Å². The molecule has 0 radical (unpaired) electrons. The Morgan fingerprint density at radius 3 is 2.67 bits per heavy atom. The second-order valence-corrected chi connectivity index (χ2v) is 7.64. The molecule has 2 atom stereocenters. The molecule has 116 valence electrons. The fourth-order valence-electron chi connectivity index (χ4n) is 3.75. The number of aryl methyl sites for hydroxylation is 1. The summed E-state index contributed by atoms with van der Waals surface area (Å²) in [4.78, 5) is 0. The van der Waals surface area contributed by atoms with Crippen LogP contribution in [0.3, 0.4) is 0 Å². The molecule has 0 amide bonds. The molecule has 1 aromatic carbocycles. The van der Waals surface area contributed by atoms with Crippen LogP contribution in [0.2, 0.25) is 0 Å². The van der Waals surface area contributed by atoms with E-state index in [1.807, 2.05) is 0 Å². The van der Waals surface area contributed by atoms with Gasteiger partial charge in [0.15, 0.2) is 0 Å². The van der Waals surface area contributed by atoms with Crippen LogP contribution in [0, 0.1) is 0 Å². The smallest absolute Gasteiger partial charge is 0.130 e. The summed E-state index contributed by atoms with van der Waals surface area (Å²) < 4.78 is 12.4. The van der Waals surface area contributed by atoms with Crippen LogP contribution >= 0.6 is 0 Å². The first-order valence-corrected chi connectivity index (χ1v) is 8.02. The van der Waals surface area contributed by atoms with Crippen molar-refractivity contribution in [1.82, 2.24) is 0 Å². The molecule has 0 bridgehead atoms. The van der Waals surface area contributed by atoms with Crippen molar-refractivity contribution >= 4 is 0 Å². The predicted molar refractivity (Wildman–Crippen MR) is 84.6 cm³/mol. The maximum Gasteiger partial charge on any atom is 0.130 e. The molecule has 2 aliphatic rings. The molecule has 1 aliphatic carbocycles. The van der Waals surface area contributed by atoms with Gasteiger partial charge in [0.1, 0.15) is 17.5 Å². The van der Waals surface area contributed by atoms with Crippen LogP contribution in [0.25, 0.3) is 0 Å². The Balaban J connectivity index is 1.81. The van der Waals surface area contributed by atoms with E-state index in [2.05, 4.69) is 45.9 Å². The minimum Gasteiger partial charge on any atom is -0.487 e. The van der Waals surface area contributed by atoms with Gasteiger partial charge in [-0.1, -0.05) is 6.07 Å². The second kappa shape index (κ2) is 4.99. The first-order valence-electron chi connectivity index (χ1n) is 8.02. The van der Waals surface area contributed by atoms with Crippen LogP contribution in [0.1, 0.15) is 64.1 Å². The largest absolute Gasteiger partial charge is 0.487 e. The normalized spacial score (nSPS) is 30.0. The molecular formula is C18H27NO2. The lowest BCUT2D eigenvalue weighted by molar-refractivity contribution is -0.0846. The molecule has 3 rings (SSSR count). The van der Waals surface area contributed by atoms with Gasteiger partial charge in [-0.05, 0) is 70.2 Å². The quantitative estimate of drug-likeness (QED) is 0.902. The van der Waals surface area contributed by atoms with Crippen LogP contribution in [0.15, 0.2) is 18.2 Å². The summed E-state index contributed by atoms with van der Waals surface area (Å²) in [5, 5.41) is 0. The molecule has 0 saturated carbocycles. The van der Waals surface area contributed by atoms with E-state index in [0.29, 0.717) is 0 Å². The maximum absolute atomic E-state index is 6.26. The van der Waals surface area contributed by atoms with Gasteiger partial charge in [-0.2, -0.15) is 0 Å². The molecule has 1 fully saturated rings. The zero-order valence-electron chi connectivity index (χ0n) is 13.6. The summed E-state index contributed by atoms with van der Waals surface area (Å²) in [6.45, 7) is 8.47. The Hall–Kier alpha value is -1.06. The van der Waals surface area contributed by atoms with Gasteiger partial charge < -0.3 is 15.2 Å². The number of fused-ring (bicyclic) bond motifs is 1. The average Bonchev–Trinajstić information content (AvgIpc) is 2.58. The molecule has 3 nitrogen and oxygen atoms in total. The molecule has 2 N–H and O–H groups in total. The molecular weight excluding hydrogens is 262 g/mol. The van der Waals surface area contributed by atoms with Crippen molar-refractivity contribution in [2.45, 2.75) is 76.7 Å². The number of benzene rings is 1.